The van der Waals surface area contributed by atoms with Crippen molar-refractivity contribution in [3.8, 4) is 0 Å². The summed E-state index contributed by atoms with van der Waals surface area (Å²) in [6, 6.07) is 10.5. The van der Waals surface area contributed by atoms with E-state index in [1.54, 1.807) is 7.11 Å². The van der Waals surface area contributed by atoms with E-state index in [4.69, 9.17) is 4.74 Å². The van der Waals surface area contributed by atoms with E-state index >= 15 is 0 Å². The molecular formula is C16H19BrO. The molecule has 18 heavy (non-hydrogen) atoms. The van der Waals surface area contributed by atoms with E-state index in [-0.39, 0.29) is 5.60 Å². The molecule has 1 aliphatic carbocycles. The maximum Gasteiger partial charge on any atom is 0.117 e. The molecule has 2 atom stereocenters. The summed E-state index contributed by atoms with van der Waals surface area (Å²) in [5, 5.41) is 0. The van der Waals surface area contributed by atoms with E-state index in [9.17, 15) is 0 Å². The zero-order chi connectivity index (χ0) is 13.0. The Balaban J connectivity index is 2.48. The Bertz CT molecular complexity index is 443. The van der Waals surface area contributed by atoms with Crippen LogP contribution >= 0.6 is 15.9 Å². The molecule has 0 aromatic heterocycles. The molecule has 0 aliphatic heterocycles. The fourth-order valence-electron chi connectivity index (χ4n) is 2.58. The van der Waals surface area contributed by atoms with Crippen molar-refractivity contribution in [2.45, 2.75) is 30.2 Å². The fourth-order valence-corrected chi connectivity index (χ4v) is 3.08. The zero-order valence-electron chi connectivity index (χ0n) is 10.9. The Morgan fingerprint density at radius 2 is 2.06 bits per heavy atom. The standard InChI is InChI=1S/C16H19BrO/c1-3-16(18-2,13-8-5-4-6-9-13)14-10-7-11-15(17)12-14/h4-10,12,15H,3,11H2,1-2H3. The Morgan fingerprint density at radius 1 is 1.33 bits per heavy atom. The van der Waals surface area contributed by atoms with Gasteiger partial charge >= 0.3 is 0 Å². The van der Waals surface area contributed by atoms with Crippen molar-refractivity contribution in [2.24, 2.45) is 0 Å². The highest BCUT2D eigenvalue weighted by Gasteiger charge is 2.34. The number of methoxy groups -OCH3 is 1. The Morgan fingerprint density at radius 3 is 2.61 bits per heavy atom. The molecule has 0 bridgehead atoms. The third-order valence-corrected chi connectivity index (χ3v) is 4.21. The van der Waals surface area contributed by atoms with Gasteiger partial charge in [0.1, 0.15) is 5.60 Å². The molecule has 0 radical (unpaired) electrons. The molecule has 0 amide bonds. The van der Waals surface area contributed by atoms with E-state index in [0.29, 0.717) is 4.83 Å². The lowest BCUT2D eigenvalue weighted by molar-refractivity contribution is 0.0175. The average Bonchev–Trinajstić information content (AvgIpc) is 2.42. The smallest absolute Gasteiger partial charge is 0.117 e. The number of benzene rings is 1. The van der Waals surface area contributed by atoms with Crippen LogP contribution in [0.5, 0.6) is 0 Å². The van der Waals surface area contributed by atoms with E-state index in [1.165, 1.54) is 11.1 Å². The first-order chi connectivity index (χ1) is 8.73. The number of ether oxygens (including phenoxy) is 1. The summed E-state index contributed by atoms with van der Waals surface area (Å²) in [7, 11) is 1.79. The van der Waals surface area contributed by atoms with Crippen LogP contribution < -0.4 is 0 Å². The summed E-state index contributed by atoms with van der Waals surface area (Å²) >= 11 is 3.67. The first-order valence-electron chi connectivity index (χ1n) is 6.36. The lowest BCUT2D eigenvalue weighted by Crippen LogP contribution is -2.30. The fraction of sp³-hybridized carbons (Fsp3) is 0.375. The van der Waals surface area contributed by atoms with Gasteiger partial charge in [-0.1, -0.05) is 71.4 Å². The van der Waals surface area contributed by atoms with Gasteiger partial charge in [-0.25, -0.2) is 0 Å². The molecule has 96 valence electrons. The summed E-state index contributed by atoms with van der Waals surface area (Å²) in [5.74, 6) is 0. The molecule has 2 rings (SSSR count). The lowest BCUT2D eigenvalue weighted by atomic mass is 9.81. The van der Waals surface area contributed by atoms with Gasteiger partial charge in [0.25, 0.3) is 0 Å². The molecule has 1 aliphatic rings. The van der Waals surface area contributed by atoms with Crippen LogP contribution in [0, 0.1) is 0 Å². The predicted octanol–water partition coefficient (Wildman–Crippen LogP) is 4.59. The zero-order valence-corrected chi connectivity index (χ0v) is 12.5. The number of rotatable bonds is 4. The van der Waals surface area contributed by atoms with Gasteiger partial charge in [0.2, 0.25) is 0 Å². The molecule has 2 unspecified atom stereocenters. The second kappa shape index (κ2) is 5.85. The van der Waals surface area contributed by atoms with Crippen molar-refractivity contribution >= 4 is 15.9 Å². The van der Waals surface area contributed by atoms with Crippen LogP contribution in [0.4, 0.5) is 0 Å². The van der Waals surface area contributed by atoms with E-state index in [2.05, 4.69) is 65.3 Å². The number of hydrogen-bond donors (Lipinski definition) is 0. The average molecular weight is 307 g/mol. The Labute approximate surface area is 118 Å². The van der Waals surface area contributed by atoms with Crippen LogP contribution in [0.25, 0.3) is 0 Å². The molecule has 0 spiro atoms. The third-order valence-electron chi connectivity index (χ3n) is 3.57. The van der Waals surface area contributed by atoms with Crippen LogP contribution in [-0.2, 0) is 10.3 Å². The van der Waals surface area contributed by atoms with Gasteiger partial charge in [-0.05, 0) is 24.0 Å². The molecule has 0 saturated heterocycles. The van der Waals surface area contributed by atoms with Crippen LogP contribution in [-0.4, -0.2) is 11.9 Å². The lowest BCUT2D eigenvalue weighted by Gasteiger charge is -2.35. The maximum atomic E-state index is 5.92. The van der Waals surface area contributed by atoms with Gasteiger partial charge in [0.15, 0.2) is 0 Å². The number of halogens is 1. The quantitative estimate of drug-likeness (QED) is 0.739. The molecule has 1 nitrogen and oxygen atoms in total. The molecule has 0 heterocycles. The van der Waals surface area contributed by atoms with E-state index in [1.807, 2.05) is 6.07 Å². The summed E-state index contributed by atoms with van der Waals surface area (Å²) in [6.45, 7) is 2.17. The normalized spacial score (nSPS) is 22.4. The third kappa shape index (κ3) is 2.45. The first-order valence-corrected chi connectivity index (χ1v) is 7.28. The number of alkyl halides is 1. The topological polar surface area (TPSA) is 9.23 Å². The summed E-state index contributed by atoms with van der Waals surface area (Å²) in [4.78, 5) is 0.405. The highest BCUT2D eigenvalue weighted by atomic mass is 79.9. The van der Waals surface area contributed by atoms with E-state index < -0.39 is 0 Å². The van der Waals surface area contributed by atoms with E-state index in [0.717, 1.165) is 12.8 Å². The van der Waals surface area contributed by atoms with Crippen molar-refractivity contribution in [1.82, 2.24) is 0 Å². The molecular weight excluding hydrogens is 288 g/mol. The highest BCUT2D eigenvalue weighted by Crippen LogP contribution is 2.39. The Hall–Kier alpha value is -0.860. The molecule has 2 heteroatoms. The molecule has 0 fully saturated rings. The monoisotopic (exact) mass is 306 g/mol. The van der Waals surface area contributed by atoms with Gasteiger partial charge in [0.05, 0.1) is 0 Å². The maximum absolute atomic E-state index is 5.92. The minimum atomic E-state index is -0.329. The molecule has 1 aromatic carbocycles. The Kier molecular flexibility index (Phi) is 4.41. The number of hydrogen-bond acceptors (Lipinski definition) is 1. The predicted molar refractivity (Wildman–Crippen MR) is 80.0 cm³/mol. The number of allylic oxidation sites excluding steroid dienone is 2. The summed E-state index contributed by atoms with van der Waals surface area (Å²) in [6.07, 6.45) is 8.63. The molecule has 0 saturated carbocycles. The van der Waals surface area contributed by atoms with Crippen molar-refractivity contribution in [3.05, 3.63) is 59.7 Å². The van der Waals surface area contributed by atoms with Gasteiger partial charge in [-0.3, -0.25) is 0 Å². The minimum absolute atomic E-state index is 0.329. The second-order valence-electron chi connectivity index (χ2n) is 4.53. The van der Waals surface area contributed by atoms with Gasteiger partial charge in [-0.15, -0.1) is 0 Å². The largest absolute Gasteiger partial charge is 0.369 e. The summed E-state index contributed by atoms with van der Waals surface area (Å²) in [5.41, 5.74) is 2.13. The van der Waals surface area contributed by atoms with Crippen LogP contribution in [0.15, 0.2) is 54.1 Å². The minimum Gasteiger partial charge on any atom is -0.369 e. The summed E-state index contributed by atoms with van der Waals surface area (Å²) < 4.78 is 5.92. The van der Waals surface area contributed by atoms with Gasteiger partial charge < -0.3 is 4.74 Å². The molecule has 0 N–H and O–H groups in total. The van der Waals surface area contributed by atoms with Gasteiger partial charge in [0, 0.05) is 11.9 Å². The first kappa shape index (κ1) is 13.6. The van der Waals surface area contributed by atoms with Crippen molar-refractivity contribution < 1.29 is 4.74 Å². The highest BCUT2D eigenvalue weighted by molar-refractivity contribution is 9.09. The van der Waals surface area contributed by atoms with Crippen LogP contribution in [0.2, 0.25) is 0 Å². The van der Waals surface area contributed by atoms with Crippen molar-refractivity contribution in [2.75, 3.05) is 7.11 Å². The molecule has 1 aromatic rings. The van der Waals surface area contributed by atoms with Crippen LogP contribution in [0.1, 0.15) is 25.3 Å². The van der Waals surface area contributed by atoms with Gasteiger partial charge in [-0.2, -0.15) is 0 Å². The van der Waals surface area contributed by atoms with Crippen molar-refractivity contribution in [1.29, 1.82) is 0 Å². The SMILES string of the molecule is CCC(OC)(C1=CC(Br)CC=C1)c1ccccc1. The van der Waals surface area contributed by atoms with Crippen LogP contribution in [0.3, 0.4) is 0 Å². The van der Waals surface area contributed by atoms with Crippen molar-refractivity contribution in [3.63, 3.8) is 0 Å². The second-order valence-corrected chi connectivity index (χ2v) is 5.70.